The van der Waals surface area contributed by atoms with Gasteiger partial charge in [0.15, 0.2) is 11.5 Å². The number of nitrogens with zero attached hydrogens (tertiary/aromatic N) is 1. The number of ether oxygens (including phenoxy) is 4. The van der Waals surface area contributed by atoms with Gasteiger partial charge in [-0.25, -0.2) is 10.2 Å². The molecule has 0 radical (unpaired) electrons. The van der Waals surface area contributed by atoms with Crippen molar-refractivity contribution in [3.05, 3.63) is 96.1 Å². The summed E-state index contributed by atoms with van der Waals surface area (Å²) in [5.74, 6) is 0.967. The predicted molar refractivity (Wildman–Crippen MR) is 128 cm³/mol. The fourth-order valence-corrected chi connectivity index (χ4v) is 2.82. The number of nitrogens with one attached hydrogen (secondary N) is 1. The zero-order chi connectivity index (χ0) is 24.3. The minimum Gasteiger partial charge on any atom is -0.497 e. The maximum atomic E-state index is 12.4. The summed E-state index contributed by atoms with van der Waals surface area (Å²) in [6.07, 6.45) is 3.10. The Morgan fingerprint density at radius 2 is 1.56 bits per heavy atom. The summed E-state index contributed by atoms with van der Waals surface area (Å²) in [5, 5.41) is 3.98. The fourth-order valence-electron chi connectivity index (χ4n) is 2.82. The molecule has 3 aromatic carbocycles. The van der Waals surface area contributed by atoms with Crippen molar-refractivity contribution in [1.82, 2.24) is 5.43 Å². The lowest BCUT2D eigenvalue weighted by atomic mass is 10.2. The Morgan fingerprint density at radius 1 is 0.882 bits per heavy atom. The molecule has 3 rings (SSSR count). The molecule has 0 bridgehead atoms. The van der Waals surface area contributed by atoms with Gasteiger partial charge in [0.1, 0.15) is 18.1 Å². The number of benzene rings is 3. The van der Waals surface area contributed by atoms with Crippen LogP contribution in [0.2, 0.25) is 0 Å². The number of carbonyl (C=O) groups is 2. The van der Waals surface area contributed by atoms with E-state index in [4.69, 9.17) is 18.9 Å². The summed E-state index contributed by atoms with van der Waals surface area (Å²) in [6.45, 7) is 3.98. The molecule has 0 unspecified atom stereocenters. The molecule has 0 aromatic heterocycles. The molecule has 8 nitrogen and oxygen atoms in total. The van der Waals surface area contributed by atoms with Crippen molar-refractivity contribution >= 4 is 18.1 Å². The first kappa shape index (κ1) is 24.1. The van der Waals surface area contributed by atoms with Crippen molar-refractivity contribution in [2.45, 2.75) is 0 Å². The van der Waals surface area contributed by atoms with Gasteiger partial charge in [-0.15, -0.1) is 0 Å². The molecule has 34 heavy (non-hydrogen) atoms. The first-order valence-electron chi connectivity index (χ1n) is 10.3. The van der Waals surface area contributed by atoms with Gasteiger partial charge in [0.25, 0.3) is 5.91 Å². The van der Waals surface area contributed by atoms with Crippen LogP contribution < -0.4 is 24.4 Å². The third-order valence-corrected chi connectivity index (χ3v) is 4.58. The summed E-state index contributed by atoms with van der Waals surface area (Å²) in [7, 11) is 3.01. The molecule has 0 aliphatic carbocycles. The van der Waals surface area contributed by atoms with Crippen LogP contribution in [0.4, 0.5) is 0 Å². The van der Waals surface area contributed by atoms with E-state index in [1.165, 1.54) is 13.3 Å². The van der Waals surface area contributed by atoms with Gasteiger partial charge in [0.2, 0.25) is 0 Å². The first-order chi connectivity index (χ1) is 16.5. The molecule has 3 aromatic rings. The summed E-state index contributed by atoms with van der Waals surface area (Å²) in [6, 6.07) is 18.1. The second kappa shape index (κ2) is 11.9. The Balaban J connectivity index is 1.61. The van der Waals surface area contributed by atoms with E-state index in [-0.39, 0.29) is 11.7 Å². The van der Waals surface area contributed by atoms with E-state index in [9.17, 15) is 9.59 Å². The van der Waals surface area contributed by atoms with Gasteiger partial charge >= 0.3 is 5.97 Å². The fraction of sp³-hybridized carbons (Fsp3) is 0.115. The molecule has 0 spiro atoms. The Hall–Kier alpha value is -4.59. The molecule has 0 aliphatic rings. The highest BCUT2D eigenvalue weighted by Gasteiger charge is 2.13. The van der Waals surface area contributed by atoms with Crippen molar-refractivity contribution in [1.29, 1.82) is 0 Å². The normalized spacial score (nSPS) is 10.4. The molecule has 174 valence electrons. The quantitative estimate of drug-likeness (QED) is 0.160. The van der Waals surface area contributed by atoms with E-state index in [1.54, 1.807) is 79.9 Å². The SMILES string of the molecule is C=CCOc1ccc(C(=O)N/N=C\c2ccc(OC(=O)c3ccc(OC)cc3)c(OC)c2)cc1. The lowest BCUT2D eigenvalue weighted by Gasteiger charge is -2.10. The third-order valence-electron chi connectivity index (χ3n) is 4.58. The number of hydrogen-bond acceptors (Lipinski definition) is 7. The summed E-state index contributed by atoms with van der Waals surface area (Å²) in [5.41, 5.74) is 3.90. The summed E-state index contributed by atoms with van der Waals surface area (Å²) < 4.78 is 21.3. The zero-order valence-electron chi connectivity index (χ0n) is 18.8. The van der Waals surface area contributed by atoms with Crippen LogP contribution in [0.15, 0.2) is 84.5 Å². The number of methoxy groups -OCH3 is 2. The van der Waals surface area contributed by atoms with Crippen LogP contribution in [-0.4, -0.2) is 38.9 Å². The van der Waals surface area contributed by atoms with Crippen LogP contribution in [0.1, 0.15) is 26.3 Å². The number of rotatable bonds is 10. The Morgan fingerprint density at radius 3 is 2.21 bits per heavy atom. The van der Waals surface area contributed by atoms with Crippen molar-refractivity contribution in [2.75, 3.05) is 20.8 Å². The second-order valence-electron chi connectivity index (χ2n) is 6.85. The van der Waals surface area contributed by atoms with Crippen molar-refractivity contribution in [2.24, 2.45) is 5.10 Å². The molecular weight excluding hydrogens is 436 g/mol. The van der Waals surface area contributed by atoms with E-state index >= 15 is 0 Å². The number of amides is 1. The molecule has 8 heteroatoms. The Bertz CT molecular complexity index is 1170. The Labute approximate surface area is 197 Å². The number of hydrazone groups is 1. The number of esters is 1. The lowest BCUT2D eigenvalue weighted by molar-refractivity contribution is 0.0729. The number of hydrogen-bond donors (Lipinski definition) is 1. The van der Waals surface area contributed by atoms with Crippen LogP contribution >= 0.6 is 0 Å². The van der Waals surface area contributed by atoms with Gasteiger partial charge in [-0.1, -0.05) is 12.7 Å². The monoisotopic (exact) mass is 460 g/mol. The lowest BCUT2D eigenvalue weighted by Crippen LogP contribution is -2.17. The van der Waals surface area contributed by atoms with Crippen molar-refractivity contribution in [3.8, 4) is 23.0 Å². The molecule has 0 aliphatic heterocycles. The van der Waals surface area contributed by atoms with Crippen LogP contribution in [-0.2, 0) is 0 Å². The van der Waals surface area contributed by atoms with Crippen molar-refractivity contribution < 1.29 is 28.5 Å². The van der Waals surface area contributed by atoms with Gasteiger partial charge in [-0.05, 0) is 72.3 Å². The second-order valence-corrected chi connectivity index (χ2v) is 6.85. The van der Waals surface area contributed by atoms with E-state index in [0.29, 0.717) is 40.5 Å². The summed E-state index contributed by atoms with van der Waals surface area (Å²) >= 11 is 0. The minimum atomic E-state index is -0.532. The first-order valence-corrected chi connectivity index (χ1v) is 10.3. The minimum absolute atomic E-state index is 0.253. The molecule has 0 fully saturated rings. The van der Waals surface area contributed by atoms with Gasteiger partial charge in [0.05, 0.1) is 26.0 Å². The number of carbonyl (C=O) groups excluding carboxylic acids is 2. The molecule has 0 saturated carbocycles. The van der Waals surface area contributed by atoms with E-state index < -0.39 is 5.97 Å². The predicted octanol–water partition coefficient (Wildman–Crippen LogP) is 4.25. The van der Waals surface area contributed by atoms with Crippen LogP contribution in [0.25, 0.3) is 0 Å². The molecule has 0 heterocycles. The highest BCUT2D eigenvalue weighted by molar-refractivity contribution is 5.95. The summed E-state index contributed by atoms with van der Waals surface area (Å²) in [4.78, 5) is 24.7. The average Bonchev–Trinajstić information content (AvgIpc) is 2.88. The van der Waals surface area contributed by atoms with Gasteiger partial charge in [-0.2, -0.15) is 5.10 Å². The standard InChI is InChI=1S/C26H24N2O6/c1-4-15-33-22-12-6-19(7-13-22)25(29)28-27-17-18-5-14-23(24(16-18)32-3)34-26(30)20-8-10-21(31-2)11-9-20/h4-14,16-17H,1,15H2,2-3H3,(H,28,29)/b27-17-. The van der Waals surface area contributed by atoms with Crippen LogP contribution in [0.5, 0.6) is 23.0 Å². The van der Waals surface area contributed by atoms with Crippen LogP contribution in [0.3, 0.4) is 0 Å². The van der Waals surface area contributed by atoms with Gasteiger partial charge < -0.3 is 18.9 Å². The topological polar surface area (TPSA) is 95.5 Å². The van der Waals surface area contributed by atoms with Gasteiger partial charge in [0, 0.05) is 5.56 Å². The maximum absolute atomic E-state index is 12.4. The Kier molecular flexibility index (Phi) is 8.40. The molecule has 1 N–H and O–H groups in total. The van der Waals surface area contributed by atoms with E-state index in [0.717, 1.165) is 0 Å². The zero-order valence-corrected chi connectivity index (χ0v) is 18.8. The third kappa shape index (κ3) is 6.46. The van der Waals surface area contributed by atoms with Gasteiger partial charge in [-0.3, -0.25) is 4.79 Å². The molecule has 0 saturated heterocycles. The highest BCUT2D eigenvalue weighted by atomic mass is 16.6. The van der Waals surface area contributed by atoms with Crippen molar-refractivity contribution in [3.63, 3.8) is 0 Å². The van der Waals surface area contributed by atoms with Crippen LogP contribution in [0, 0.1) is 0 Å². The largest absolute Gasteiger partial charge is 0.497 e. The maximum Gasteiger partial charge on any atom is 0.343 e. The molecular formula is C26H24N2O6. The smallest absolute Gasteiger partial charge is 0.343 e. The average molecular weight is 460 g/mol. The van der Waals surface area contributed by atoms with E-state index in [2.05, 4.69) is 17.1 Å². The molecule has 0 atom stereocenters. The molecule has 1 amide bonds. The van der Waals surface area contributed by atoms with E-state index in [1.807, 2.05) is 0 Å². The highest BCUT2D eigenvalue weighted by Crippen LogP contribution is 2.28.